The Morgan fingerprint density at radius 1 is 0.970 bits per heavy atom. The van der Waals surface area contributed by atoms with E-state index in [1.54, 1.807) is 13.1 Å². The maximum absolute atomic E-state index is 13.0. The molecule has 1 aromatic heterocycles. The number of aromatic nitrogens is 1. The number of aromatic amines is 1. The molecule has 2 atom stereocenters. The third-order valence-corrected chi connectivity index (χ3v) is 4.99. The molecule has 0 saturated carbocycles. The highest BCUT2D eigenvalue weighted by Crippen LogP contribution is 2.19. The molecule has 3 rings (SSSR count). The van der Waals surface area contributed by atoms with Crippen molar-refractivity contribution in [2.45, 2.75) is 32.0 Å². The van der Waals surface area contributed by atoms with Crippen LogP contribution < -0.4 is 10.6 Å². The van der Waals surface area contributed by atoms with Gasteiger partial charge in [0.2, 0.25) is 5.91 Å². The Hall–Kier alpha value is -3.85. The summed E-state index contributed by atoms with van der Waals surface area (Å²) in [6, 6.07) is 14.4. The number of benzene rings is 2. The van der Waals surface area contributed by atoms with Crippen molar-refractivity contribution in [2.75, 3.05) is 13.2 Å². The number of ether oxygens (including phenoxy) is 2. The lowest BCUT2D eigenvalue weighted by Gasteiger charge is -2.21. The maximum atomic E-state index is 13.0. The van der Waals surface area contributed by atoms with Crippen LogP contribution in [-0.4, -0.2) is 53.4 Å². The molecule has 1 heterocycles. The number of H-pyrrole nitrogens is 1. The molecule has 0 unspecified atom stereocenters. The van der Waals surface area contributed by atoms with E-state index in [0.717, 1.165) is 22.0 Å². The minimum atomic E-state index is -1.25. The van der Waals surface area contributed by atoms with Gasteiger partial charge in [-0.1, -0.05) is 48.5 Å². The summed E-state index contributed by atoms with van der Waals surface area (Å²) >= 11 is 0. The fourth-order valence-electron chi connectivity index (χ4n) is 3.33. The molecule has 0 radical (unpaired) electrons. The van der Waals surface area contributed by atoms with E-state index in [1.165, 1.54) is 0 Å². The number of nitrogens with one attached hydrogen (secondary N) is 3. The van der Waals surface area contributed by atoms with Gasteiger partial charge >= 0.3 is 12.1 Å². The fraction of sp³-hybridized carbons (Fsp3) is 0.292. The Morgan fingerprint density at radius 2 is 1.70 bits per heavy atom. The standard InChI is InChI=1S/C24H27N3O6/c1-2-32-23(30)21(14-28)26-22(29)20(12-17-13-25-19-11-7-6-10-18(17)19)27-24(31)33-15-16-8-4-3-5-9-16/h3-11,13,20-21,25,28H,2,12,14-15H2,1H3,(H,26,29)(H,27,31)/t20-,21-/m0/s1. The van der Waals surface area contributed by atoms with Crippen LogP contribution in [0.4, 0.5) is 4.79 Å². The second kappa shape index (κ2) is 11.7. The van der Waals surface area contributed by atoms with Gasteiger partial charge in [-0.3, -0.25) is 4.79 Å². The van der Waals surface area contributed by atoms with Gasteiger partial charge in [-0.25, -0.2) is 9.59 Å². The average Bonchev–Trinajstić information content (AvgIpc) is 3.24. The highest BCUT2D eigenvalue weighted by molar-refractivity contribution is 5.91. The monoisotopic (exact) mass is 453 g/mol. The lowest BCUT2D eigenvalue weighted by molar-refractivity contribution is -0.148. The van der Waals surface area contributed by atoms with E-state index in [4.69, 9.17) is 9.47 Å². The lowest BCUT2D eigenvalue weighted by Crippen LogP contribution is -2.53. The number of hydrogen-bond acceptors (Lipinski definition) is 6. The Bertz CT molecular complexity index is 1080. The molecule has 0 bridgehead atoms. The number of aliphatic hydroxyl groups excluding tert-OH is 1. The van der Waals surface area contributed by atoms with E-state index in [-0.39, 0.29) is 19.6 Å². The quantitative estimate of drug-likeness (QED) is 0.348. The van der Waals surface area contributed by atoms with E-state index in [2.05, 4.69) is 15.6 Å². The zero-order valence-corrected chi connectivity index (χ0v) is 18.2. The molecule has 0 aliphatic heterocycles. The molecule has 2 aromatic carbocycles. The van der Waals surface area contributed by atoms with Crippen molar-refractivity contribution in [3.05, 3.63) is 71.9 Å². The smallest absolute Gasteiger partial charge is 0.408 e. The molecule has 0 aliphatic carbocycles. The summed E-state index contributed by atoms with van der Waals surface area (Å²) in [5.74, 6) is -1.41. The SMILES string of the molecule is CCOC(=O)[C@H](CO)NC(=O)[C@H](Cc1c[nH]c2ccccc12)NC(=O)OCc1ccccc1. The first-order valence-electron chi connectivity index (χ1n) is 10.6. The van der Waals surface area contributed by atoms with Gasteiger partial charge in [0, 0.05) is 23.5 Å². The van der Waals surface area contributed by atoms with Gasteiger partial charge in [-0.05, 0) is 24.1 Å². The first kappa shape index (κ1) is 23.8. The van der Waals surface area contributed by atoms with Crippen molar-refractivity contribution in [2.24, 2.45) is 0 Å². The first-order chi connectivity index (χ1) is 16.0. The van der Waals surface area contributed by atoms with Crippen LogP contribution in [0.5, 0.6) is 0 Å². The third-order valence-electron chi connectivity index (χ3n) is 4.99. The maximum Gasteiger partial charge on any atom is 0.408 e. The number of para-hydroxylation sites is 1. The van der Waals surface area contributed by atoms with Crippen molar-refractivity contribution in [1.29, 1.82) is 0 Å². The van der Waals surface area contributed by atoms with Crippen LogP contribution in [0.15, 0.2) is 60.8 Å². The molecule has 9 nitrogen and oxygen atoms in total. The summed E-state index contributed by atoms with van der Waals surface area (Å²) in [5.41, 5.74) is 2.48. The van der Waals surface area contributed by atoms with Crippen molar-refractivity contribution in [3.63, 3.8) is 0 Å². The third kappa shape index (κ3) is 6.56. The number of carbonyl (C=O) groups is 3. The van der Waals surface area contributed by atoms with Gasteiger partial charge in [0.1, 0.15) is 12.6 Å². The number of alkyl carbamates (subject to hydrolysis) is 1. The molecule has 174 valence electrons. The van der Waals surface area contributed by atoms with Crippen LogP contribution >= 0.6 is 0 Å². The molecule has 4 N–H and O–H groups in total. The molecular formula is C24H27N3O6. The number of esters is 1. The summed E-state index contributed by atoms with van der Waals surface area (Å²) in [4.78, 5) is 40.6. The van der Waals surface area contributed by atoms with Crippen LogP contribution in [0.3, 0.4) is 0 Å². The van der Waals surface area contributed by atoms with Crippen LogP contribution in [0.1, 0.15) is 18.1 Å². The zero-order valence-electron chi connectivity index (χ0n) is 18.2. The van der Waals surface area contributed by atoms with Gasteiger partial charge in [0.15, 0.2) is 6.04 Å². The molecule has 0 aliphatic rings. The Labute approximate surface area is 191 Å². The molecule has 33 heavy (non-hydrogen) atoms. The topological polar surface area (TPSA) is 130 Å². The molecule has 0 saturated heterocycles. The van der Waals surface area contributed by atoms with E-state index in [0.29, 0.717) is 0 Å². The average molecular weight is 453 g/mol. The predicted octanol–water partition coefficient (Wildman–Crippen LogP) is 2.05. The number of fused-ring (bicyclic) bond motifs is 1. The van der Waals surface area contributed by atoms with Crippen LogP contribution in [0, 0.1) is 0 Å². The fourth-order valence-corrected chi connectivity index (χ4v) is 3.33. The normalized spacial score (nSPS) is 12.5. The van der Waals surface area contributed by atoms with E-state index in [1.807, 2.05) is 54.6 Å². The van der Waals surface area contributed by atoms with E-state index < -0.39 is 36.7 Å². The second-order valence-corrected chi connectivity index (χ2v) is 7.32. The summed E-state index contributed by atoms with van der Waals surface area (Å²) in [6.45, 7) is 1.13. The Balaban J connectivity index is 1.73. The van der Waals surface area contributed by atoms with Crippen molar-refractivity contribution < 1.29 is 29.0 Å². The highest BCUT2D eigenvalue weighted by atomic mass is 16.5. The number of rotatable bonds is 10. The highest BCUT2D eigenvalue weighted by Gasteiger charge is 2.28. The number of hydrogen-bond donors (Lipinski definition) is 4. The molecular weight excluding hydrogens is 426 g/mol. The van der Waals surface area contributed by atoms with Crippen molar-refractivity contribution in [1.82, 2.24) is 15.6 Å². The van der Waals surface area contributed by atoms with Crippen LogP contribution in [-0.2, 0) is 32.1 Å². The minimum absolute atomic E-state index is 0.0379. The Morgan fingerprint density at radius 3 is 2.42 bits per heavy atom. The first-order valence-corrected chi connectivity index (χ1v) is 10.6. The molecule has 0 fully saturated rings. The minimum Gasteiger partial charge on any atom is -0.464 e. The molecule has 3 aromatic rings. The predicted molar refractivity (Wildman–Crippen MR) is 121 cm³/mol. The van der Waals surface area contributed by atoms with Crippen LogP contribution in [0.25, 0.3) is 10.9 Å². The number of carbonyl (C=O) groups excluding carboxylic acids is 3. The van der Waals surface area contributed by atoms with Crippen molar-refractivity contribution >= 4 is 28.9 Å². The Kier molecular flexibility index (Phi) is 8.43. The van der Waals surface area contributed by atoms with Gasteiger partial charge in [-0.15, -0.1) is 0 Å². The summed E-state index contributed by atoms with van der Waals surface area (Å²) in [5, 5.41) is 15.4. The lowest BCUT2D eigenvalue weighted by atomic mass is 10.0. The van der Waals surface area contributed by atoms with Gasteiger partial charge in [-0.2, -0.15) is 0 Å². The largest absolute Gasteiger partial charge is 0.464 e. The van der Waals surface area contributed by atoms with Crippen molar-refractivity contribution in [3.8, 4) is 0 Å². The van der Waals surface area contributed by atoms with Crippen LogP contribution in [0.2, 0.25) is 0 Å². The van der Waals surface area contributed by atoms with Gasteiger partial charge in [0.05, 0.1) is 13.2 Å². The summed E-state index contributed by atoms with van der Waals surface area (Å²) in [7, 11) is 0. The summed E-state index contributed by atoms with van der Waals surface area (Å²) < 4.78 is 10.1. The number of amides is 2. The van der Waals surface area contributed by atoms with E-state index >= 15 is 0 Å². The molecule has 0 spiro atoms. The summed E-state index contributed by atoms with van der Waals surface area (Å²) in [6.07, 6.45) is 1.11. The molecule has 2 amide bonds. The van der Waals surface area contributed by atoms with Gasteiger partial charge in [0.25, 0.3) is 0 Å². The second-order valence-electron chi connectivity index (χ2n) is 7.32. The van der Waals surface area contributed by atoms with E-state index in [9.17, 15) is 19.5 Å². The van der Waals surface area contributed by atoms with Gasteiger partial charge < -0.3 is 30.2 Å². The molecule has 9 heteroatoms. The zero-order chi connectivity index (χ0) is 23.6. The number of aliphatic hydroxyl groups is 1.